The number of rotatable bonds is 3. The van der Waals surface area contributed by atoms with Crippen LogP contribution < -0.4 is 10.6 Å². The Balaban J connectivity index is 1.73. The van der Waals surface area contributed by atoms with E-state index in [1.165, 1.54) is 5.56 Å². The first-order valence-electron chi connectivity index (χ1n) is 7.37. The summed E-state index contributed by atoms with van der Waals surface area (Å²) in [5.41, 5.74) is 3.07. The quantitative estimate of drug-likeness (QED) is 0.907. The third-order valence-corrected chi connectivity index (χ3v) is 3.84. The second kappa shape index (κ2) is 5.64. The van der Waals surface area contributed by atoms with Crippen LogP contribution in [-0.2, 0) is 6.42 Å². The summed E-state index contributed by atoms with van der Waals surface area (Å²) in [5, 5.41) is 6.33. The predicted octanol–water partition coefficient (Wildman–Crippen LogP) is 3.44. The summed E-state index contributed by atoms with van der Waals surface area (Å²) in [6.07, 6.45) is 2.14. The summed E-state index contributed by atoms with van der Waals surface area (Å²) >= 11 is 0. The van der Waals surface area contributed by atoms with Gasteiger partial charge in [0.25, 0.3) is 5.91 Å². The smallest absolute Gasteiger partial charge is 0.251 e. The standard InChI is InChI=1S/C17H20N2O2/c1-11-5-8-16(21-11)12(2)19-17(20)14-6-7-15-13(10-14)4-3-9-18-15/h5-8,10,12,18H,3-4,9H2,1-2H3,(H,19,20). The van der Waals surface area contributed by atoms with E-state index in [1.54, 1.807) is 0 Å². The van der Waals surface area contributed by atoms with Crippen LogP contribution in [0.3, 0.4) is 0 Å². The minimum absolute atomic E-state index is 0.0649. The van der Waals surface area contributed by atoms with Crippen LogP contribution in [0.4, 0.5) is 5.69 Å². The van der Waals surface area contributed by atoms with E-state index >= 15 is 0 Å². The van der Waals surface area contributed by atoms with E-state index < -0.39 is 0 Å². The van der Waals surface area contributed by atoms with Crippen LogP contribution in [0.15, 0.2) is 34.7 Å². The van der Waals surface area contributed by atoms with Crippen molar-refractivity contribution in [2.24, 2.45) is 0 Å². The molecule has 2 heterocycles. The predicted molar refractivity (Wildman–Crippen MR) is 82.6 cm³/mol. The third-order valence-electron chi connectivity index (χ3n) is 3.84. The Morgan fingerprint density at radius 3 is 2.95 bits per heavy atom. The molecule has 2 aromatic rings. The maximum atomic E-state index is 12.3. The first kappa shape index (κ1) is 13.7. The Hall–Kier alpha value is -2.23. The van der Waals surface area contributed by atoms with Crippen molar-refractivity contribution in [3.63, 3.8) is 0 Å². The number of furan rings is 1. The third kappa shape index (κ3) is 2.94. The molecule has 110 valence electrons. The average molecular weight is 284 g/mol. The van der Waals surface area contributed by atoms with Crippen LogP contribution in [0, 0.1) is 6.92 Å². The molecule has 0 saturated heterocycles. The lowest BCUT2D eigenvalue weighted by Gasteiger charge is -2.19. The van der Waals surface area contributed by atoms with E-state index in [-0.39, 0.29) is 11.9 Å². The van der Waals surface area contributed by atoms with Gasteiger partial charge in [-0.1, -0.05) is 0 Å². The van der Waals surface area contributed by atoms with Gasteiger partial charge in [0.15, 0.2) is 0 Å². The summed E-state index contributed by atoms with van der Waals surface area (Å²) < 4.78 is 5.55. The second-order valence-electron chi connectivity index (χ2n) is 5.55. The minimum atomic E-state index is -0.139. The lowest BCUT2D eigenvalue weighted by molar-refractivity contribution is 0.0935. The van der Waals surface area contributed by atoms with Gasteiger partial charge in [0.05, 0.1) is 6.04 Å². The molecule has 4 heteroatoms. The van der Waals surface area contributed by atoms with Crippen LogP contribution in [0.5, 0.6) is 0 Å². The van der Waals surface area contributed by atoms with Crippen molar-refractivity contribution in [2.45, 2.75) is 32.7 Å². The SMILES string of the molecule is Cc1ccc(C(C)NC(=O)c2ccc3c(c2)CCCN3)o1. The topological polar surface area (TPSA) is 54.3 Å². The van der Waals surface area contributed by atoms with Gasteiger partial charge in [0.1, 0.15) is 11.5 Å². The van der Waals surface area contributed by atoms with Crippen molar-refractivity contribution in [3.8, 4) is 0 Å². The molecule has 0 aliphatic carbocycles. The van der Waals surface area contributed by atoms with Crippen LogP contribution in [0.25, 0.3) is 0 Å². The van der Waals surface area contributed by atoms with Gasteiger partial charge in [-0.25, -0.2) is 0 Å². The highest BCUT2D eigenvalue weighted by molar-refractivity contribution is 5.95. The van der Waals surface area contributed by atoms with E-state index in [1.807, 2.05) is 44.2 Å². The maximum absolute atomic E-state index is 12.3. The first-order chi connectivity index (χ1) is 10.1. The fourth-order valence-corrected chi connectivity index (χ4v) is 2.65. The van der Waals surface area contributed by atoms with Gasteiger partial charge >= 0.3 is 0 Å². The number of carbonyl (C=O) groups excluding carboxylic acids is 1. The summed E-state index contributed by atoms with van der Waals surface area (Å²) in [4.78, 5) is 12.3. The molecule has 21 heavy (non-hydrogen) atoms. The molecule has 0 bridgehead atoms. The molecule has 4 nitrogen and oxygen atoms in total. The van der Waals surface area contributed by atoms with Gasteiger partial charge < -0.3 is 15.1 Å². The zero-order chi connectivity index (χ0) is 14.8. The molecule has 1 aliphatic heterocycles. The second-order valence-corrected chi connectivity index (χ2v) is 5.55. The molecule has 0 radical (unpaired) electrons. The lowest BCUT2D eigenvalue weighted by Crippen LogP contribution is -2.26. The molecule has 2 N–H and O–H groups in total. The highest BCUT2D eigenvalue weighted by Gasteiger charge is 2.16. The molecular weight excluding hydrogens is 264 g/mol. The molecule has 0 saturated carbocycles. The van der Waals surface area contributed by atoms with Gasteiger partial charge in [-0.3, -0.25) is 4.79 Å². The summed E-state index contributed by atoms with van der Waals surface area (Å²) in [6, 6.07) is 9.51. The van der Waals surface area contributed by atoms with Crippen molar-refractivity contribution >= 4 is 11.6 Å². The summed E-state index contributed by atoms with van der Waals surface area (Å²) in [7, 11) is 0. The minimum Gasteiger partial charge on any atom is -0.464 e. The Kier molecular flexibility index (Phi) is 3.69. The number of carbonyl (C=O) groups is 1. The van der Waals surface area contributed by atoms with Crippen molar-refractivity contribution in [2.75, 3.05) is 11.9 Å². The molecule has 1 amide bonds. The number of hydrogen-bond donors (Lipinski definition) is 2. The van der Waals surface area contributed by atoms with Crippen LogP contribution in [0.2, 0.25) is 0 Å². The fourth-order valence-electron chi connectivity index (χ4n) is 2.65. The van der Waals surface area contributed by atoms with E-state index in [9.17, 15) is 4.79 Å². The highest BCUT2D eigenvalue weighted by atomic mass is 16.3. The lowest BCUT2D eigenvalue weighted by atomic mass is 10.0. The number of fused-ring (bicyclic) bond motifs is 1. The van der Waals surface area contributed by atoms with Gasteiger partial charge in [0, 0.05) is 17.8 Å². The number of aryl methyl sites for hydroxylation is 2. The summed E-state index contributed by atoms with van der Waals surface area (Å²) in [5.74, 6) is 1.57. The molecule has 1 aliphatic rings. The van der Waals surface area contributed by atoms with Gasteiger partial charge in [0.2, 0.25) is 0 Å². The molecule has 1 unspecified atom stereocenters. The van der Waals surface area contributed by atoms with Crippen molar-refractivity contribution < 1.29 is 9.21 Å². The Morgan fingerprint density at radius 2 is 2.19 bits per heavy atom. The molecule has 1 aromatic heterocycles. The zero-order valence-corrected chi connectivity index (χ0v) is 12.4. The van der Waals surface area contributed by atoms with E-state index in [0.29, 0.717) is 5.56 Å². The largest absolute Gasteiger partial charge is 0.464 e. The molecule has 0 fully saturated rings. The number of amides is 1. The average Bonchev–Trinajstić information content (AvgIpc) is 2.93. The zero-order valence-electron chi connectivity index (χ0n) is 12.4. The van der Waals surface area contributed by atoms with Crippen LogP contribution in [-0.4, -0.2) is 12.5 Å². The monoisotopic (exact) mass is 284 g/mol. The number of benzene rings is 1. The fraction of sp³-hybridized carbons (Fsp3) is 0.353. The molecule has 1 atom stereocenters. The highest BCUT2D eigenvalue weighted by Crippen LogP contribution is 2.23. The van der Waals surface area contributed by atoms with Gasteiger partial charge in [-0.15, -0.1) is 0 Å². The van der Waals surface area contributed by atoms with Crippen molar-refractivity contribution in [1.29, 1.82) is 0 Å². The number of hydrogen-bond acceptors (Lipinski definition) is 3. The van der Waals surface area contributed by atoms with E-state index in [4.69, 9.17) is 4.42 Å². The van der Waals surface area contributed by atoms with E-state index in [0.717, 1.165) is 36.6 Å². The number of anilines is 1. The van der Waals surface area contributed by atoms with Crippen LogP contribution >= 0.6 is 0 Å². The van der Waals surface area contributed by atoms with Gasteiger partial charge in [-0.2, -0.15) is 0 Å². The number of nitrogens with one attached hydrogen (secondary N) is 2. The Labute approximate surface area is 124 Å². The van der Waals surface area contributed by atoms with Crippen molar-refractivity contribution in [1.82, 2.24) is 5.32 Å². The van der Waals surface area contributed by atoms with E-state index in [2.05, 4.69) is 10.6 Å². The van der Waals surface area contributed by atoms with Crippen molar-refractivity contribution in [3.05, 3.63) is 53.0 Å². The normalized spacial score (nSPS) is 15.0. The molecular formula is C17H20N2O2. The summed E-state index contributed by atoms with van der Waals surface area (Å²) in [6.45, 7) is 4.83. The molecule has 0 spiro atoms. The van der Waals surface area contributed by atoms with Crippen LogP contribution in [0.1, 0.15) is 46.8 Å². The molecule has 3 rings (SSSR count). The first-order valence-corrected chi connectivity index (χ1v) is 7.37. The molecule has 1 aromatic carbocycles. The Morgan fingerprint density at radius 1 is 1.33 bits per heavy atom. The Bertz CT molecular complexity index is 661. The maximum Gasteiger partial charge on any atom is 0.251 e. The van der Waals surface area contributed by atoms with Gasteiger partial charge in [-0.05, 0) is 62.6 Å².